The van der Waals surface area contributed by atoms with Gasteiger partial charge in [-0.25, -0.2) is 4.79 Å². The number of ether oxygens (including phenoxy) is 1. The third-order valence-corrected chi connectivity index (χ3v) is 6.76. The molecule has 170 valence electrons. The molecule has 0 bridgehead atoms. The molecule has 0 saturated heterocycles. The largest absolute Gasteiger partial charge is 0.457 e. The first-order valence-electron chi connectivity index (χ1n) is 10.4. The van der Waals surface area contributed by atoms with Crippen LogP contribution in [0.15, 0.2) is 40.8 Å². The number of hydrogen-bond donors (Lipinski definition) is 2. The summed E-state index contributed by atoms with van der Waals surface area (Å²) in [5, 5.41) is 18.0. The predicted octanol–water partition coefficient (Wildman–Crippen LogP) is 4.29. The third kappa shape index (κ3) is 3.80. The summed E-state index contributed by atoms with van der Waals surface area (Å²) in [6.07, 6.45) is -0.356. The number of hydrogen-bond acceptors (Lipinski definition) is 8. The lowest BCUT2D eigenvalue weighted by Crippen LogP contribution is -2.39. The zero-order valence-corrected chi connectivity index (χ0v) is 18.4. The molecule has 2 aliphatic rings. The van der Waals surface area contributed by atoms with Gasteiger partial charge in [0.1, 0.15) is 16.5 Å². The first-order chi connectivity index (χ1) is 15.9. The van der Waals surface area contributed by atoms with Crippen LogP contribution in [0.2, 0.25) is 0 Å². The molecule has 33 heavy (non-hydrogen) atoms. The molecule has 0 radical (unpaired) electrons. The molecular weight excluding hydrogens is 448 g/mol. The Morgan fingerprint density at radius 2 is 2.18 bits per heavy atom. The Hall–Kier alpha value is -3.86. The molecule has 0 aliphatic carbocycles. The van der Waals surface area contributed by atoms with E-state index in [1.54, 1.807) is 36.1 Å². The zero-order chi connectivity index (χ0) is 23.1. The van der Waals surface area contributed by atoms with Gasteiger partial charge in [-0.05, 0) is 31.0 Å². The molecule has 0 unspecified atom stereocenters. The molecule has 11 heteroatoms. The van der Waals surface area contributed by atoms with E-state index >= 15 is 0 Å². The standard InChI is InChI=1S/C22H20N4O6S/c1-2-31-22(28)25-9-8-14-17(11-25)33-21-18(14)20(27)23-19(24-21)16-7-6-15(32-16)12-4-3-5-13(10-12)26(29)30/h3-7,10,19,24H,2,8-9,11H2,1H3,(H,23,27)/t19-/m1/s1. The summed E-state index contributed by atoms with van der Waals surface area (Å²) in [5.41, 5.74) is 2.11. The van der Waals surface area contributed by atoms with Gasteiger partial charge in [0.2, 0.25) is 0 Å². The lowest BCUT2D eigenvalue weighted by atomic mass is 10.0. The number of non-ortho nitro benzene ring substituents is 1. The van der Waals surface area contributed by atoms with Crippen molar-refractivity contribution in [1.29, 1.82) is 0 Å². The first kappa shape index (κ1) is 21.0. The molecule has 2 N–H and O–H groups in total. The average Bonchev–Trinajstić information content (AvgIpc) is 3.44. The molecule has 1 aromatic carbocycles. The van der Waals surface area contributed by atoms with Crippen molar-refractivity contribution in [2.24, 2.45) is 0 Å². The second kappa shape index (κ2) is 8.24. The summed E-state index contributed by atoms with van der Waals surface area (Å²) in [5.74, 6) is 0.741. The number of amides is 2. The van der Waals surface area contributed by atoms with Crippen LogP contribution in [0.3, 0.4) is 0 Å². The van der Waals surface area contributed by atoms with Crippen LogP contribution in [0.25, 0.3) is 11.3 Å². The molecule has 1 atom stereocenters. The van der Waals surface area contributed by atoms with E-state index in [4.69, 9.17) is 9.15 Å². The minimum Gasteiger partial charge on any atom is -0.457 e. The van der Waals surface area contributed by atoms with Crippen LogP contribution < -0.4 is 10.6 Å². The van der Waals surface area contributed by atoms with E-state index in [-0.39, 0.29) is 17.7 Å². The fourth-order valence-corrected chi connectivity index (χ4v) is 5.35. The number of carbonyl (C=O) groups is 2. The van der Waals surface area contributed by atoms with Crippen molar-refractivity contribution in [3.8, 4) is 11.3 Å². The summed E-state index contributed by atoms with van der Waals surface area (Å²) < 4.78 is 11.0. The summed E-state index contributed by atoms with van der Waals surface area (Å²) in [6.45, 7) is 2.99. The minimum atomic E-state index is -0.585. The lowest BCUT2D eigenvalue weighted by Gasteiger charge is -2.27. The molecule has 0 fully saturated rings. The smallest absolute Gasteiger partial charge is 0.410 e. The van der Waals surface area contributed by atoms with Gasteiger partial charge < -0.3 is 24.7 Å². The molecule has 0 saturated carbocycles. The second-order valence-corrected chi connectivity index (χ2v) is 8.74. The van der Waals surface area contributed by atoms with E-state index < -0.39 is 11.1 Å². The normalized spacial score (nSPS) is 16.9. The molecule has 2 aromatic heterocycles. The lowest BCUT2D eigenvalue weighted by molar-refractivity contribution is -0.384. The minimum absolute atomic E-state index is 0.0276. The van der Waals surface area contributed by atoms with Crippen LogP contribution in [0.4, 0.5) is 15.5 Å². The maximum Gasteiger partial charge on any atom is 0.410 e. The summed E-state index contributed by atoms with van der Waals surface area (Å²) >= 11 is 1.45. The number of thiophene rings is 1. The highest BCUT2D eigenvalue weighted by Gasteiger charge is 2.35. The predicted molar refractivity (Wildman–Crippen MR) is 120 cm³/mol. The van der Waals surface area contributed by atoms with E-state index in [1.165, 1.54) is 23.5 Å². The summed E-state index contributed by atoms with van der Waals surface area (Å²) in [7, 11) is 0. The van der Waals surface area contributed by atoms with Gasteiger partial charge in [-0.15, -0.1) is 11.3 Å². The molecule has 0 spiro atoms. The molecule has 4 heterocycles. The van der Waals surface area contributed by atoms with E-state index in [0.717, 1.165) is 15.4 Å². The number of nitrogens with zero attached hydrogens (tertiary/aromatic N) is 2. The number of furan rings is 1. The van der Waals surface area contributed by atoms with Crippen LogP contribution in [-0.2, 0) is 17.7 Å². The van der Waals surface area contributed by atoms with E-state index in [1.807, 2.05) is 0 Å². The van der Waals surface area contributed by atoms with Crippen molar-refractivity contribution in [2.45, 2.75) is 26.1 Å². The number of carbonyl (C=O) groups excluding carboxylic acids is 2. The summed E-state index contributed by atoms with van der Waals surface area (Å²) in [4.78, 5) is 38.2. The highest BCUT2D eigenvalue weighted by molar-refractivity contribution is 7.16. The summed E-state index contributed by atoms with van der Waals surface area (Å²) in [6, 6.07) is 9.62. The number of fused-ring (bicyclic) bond motifs is 3. The van der Waals surface area contributed by atoms with Crippen LogP contribution in [-0.4, -0.2) is 35.0 Å². The first-order valence-corrected chi connectivity index (χ1v) is 11.2. The number of benzene rings is 1. The second-order valence-electron chi connectivity index (χ2n) is 7.64. The number of rotatable bonds is 4. The van der Waals surface area contributed by atoms with Crippen molar-refractivity contribution in [3.63, 3.8) is 0 Å². The average molecular weight is 468 g/mol. The maximum absolute atomic E-state index is 13.0. The monoisotopic (exact) mass is 468 g/mol. The molecule has 2 amide bonds. The number of nitrogens with one attached hydrogen (secondary N) is 2. The van der Waals surface area contributed by atoms with Gasteiger partial charge in [0.05, 0.1) is 23.6 Å². The van der Waals surface area contributed by atoms with Gasteiger partial charge in [-0.1, -0.05) is 12.1 Å². The van der Waals surface area contributed by atoms with E-state index in [9.17, 15) is 19.7 Å². The Labute approximate surface area is 192 Å². The van der Waals surface area contributed by atoms with Crippen molar-refractivity contribution in [3.05, 3.63) is 68.3 Å². The van der Waals surface area contributed by atoms with Crippen LogP contribution in [0, 0.1) is 10.1 Å². The van der Waals surface area contributed by atoms with Gasteiger partial charge in [-0.2, -0.15) is 0 Å². The Morgan fingerprint density at radius 3 is 2.97 bits per heavy atom. The van der Waals surface area contributed by atoms with Gasteiger partial charge in [0, 0.05) is 29.1 Å². The fraction of sp³-hybridized carbons (Fsp3) is 0.273. The van der Waals surface area contributed by atoms with Gasteiger partial charge in [-0.3, -0.25) is 14.9 Å². The highest BCUT2D eigenvalue weighted by atomic mass is 32.1. The third-order valence-electron chi connectivity index (χ3n) is 5.61. The van der Waals surface area contributed by atoms with Crippen molar-refractivity contribution < 1.29 is 23.7 Å². The van der Waals surface area contributed by atoms with Crippen molar-refractivity contribution in [1.82, 2.24) is 10.2 Å². The maximum atomic E-state index is 13.0. The SMILES string of the molecule is CCOC(=O)N1CCc2c(sc3c2C(=O)N[C@@H](c2ccc(-c4cccc([N+](=O)[O-])c4)o2)N3)C1. The Balaban J connectivity index is 1.38. The van der Waals surface area contributed by atoms with Gasteiger partial charge in [0.25, 0.3) is 11.6 Å². The van der Waals surface area contributed by atoms with Crippen molar-refractivity contribution >= 4 is 34.0 Å². The molecule has 3 aromatic rings. The number of nitro benzene ring substituents is 1. The van der Waals surface area contributed by atoms with Gasteiger partial charge in [0.15, 0.2) is 6.17 Å². The molecule has 5 rings (SSSR count). The van der Waals surface area contributed by atoms with Gasteiger partial charge >= 0.3 is 6.09 Å². The van der Waals surface area contributed by atoms with Crippen LogP contribution in [0.5, 0.6) is 0 Å². The zero-order valence-electron chi connectivity index (χ0n) is 17.6. The topological polar surface area (TPSA) is 127 Å². The van der Waals surface area contributed by atoms with Crippen molar-refractivity contribution in [2.75, 3.05) is 18.5 Å². The van der Waals surface area contributed by atoms with E-state index in [2.05, 4.69) is 10.6 Å². The highest BCUT2D eigenvalue weighted by Crippen LogP contribution is 2.41. The quantitative estimate of drug-likeness (QED) is 0.432. The Kier molecular flexibility index (Phi) is 5.25. The molecule has 2 aliphatic heterocycles. The number of nitro groups is 1. The van der Waals surface area contributed by atoms with Crippen LogP contribution >= 0.6 is 11.3 Å². The van der Waals surface area contributed by atoms with Crippen LogP contribution in [0.1, 0.15) is 39.6 Å². The Morgan fingerprint density at radius 1 is 1.33 bits per heavy atom. The molecule has 10 nitrogen and oxygen atoms in total. The Bertz CT molecular complexity index is 1270. The van der Waals surface area contributed by atoms with E-state index in [0.29, 0.717) is 48.8 Å². The number of anilines is 1. The fourth-order valence-electron chi connectivity index (χ4n) is 4.06. The molecular formula is C22H20N4O6S.